The van der Waals surface area contributed by atoms with Crippen LogP contribution in [0.2, 0.25) is 5.02 Å². The summed E-state index contributed by atoms with van der Waals surface area (Å²) in [6.07, 6.45) is -0.390. The Balaban J connectivity index is 2.16. The molecule has 2 rings (SSSR count). The summed E-state index contributed by atoms with van der Waals surface area (Å²) in [6.45, 7) is 0.780. The molecule has 1 heterocycles. The minimum atomic E-state index is -0.390. The number of aliphatic hydroxyl groups excluding tert-OH is 1. The van der Waals surface area contributed by atoms with Crippen molar-refractivity contribution in [3.8, 4) is 0 Å². The maximum absolute atomic E-state index is 11.8. The van der Waals surface area contributed by atoms with Crippen LogP contribution in [0.15, 0.2) is 18.2 Å². The van der Waals surface area contributed by atoms with Gasteiger partial charge in [-0.05, 0) is 18.2 Å². The first-order valence-electron chi connectivity index (χ1n) is 4.60. The molecule has 3 N–H and O–H groups in total. The summed E-state index contributed by atoms with van der Waals surface area (Å²) in [6, 6.07) is 4.78. The molecular formula is C10H11ClN2O2. The van der Waals surface area contributed by atoms with Crippen LogP contribution in [0, 0.1) is 0 Å². The average molecular weight is 227 g/mol. The predicted octanol–water partition coefficient (Wildman–Crippen LogP) is 0.739. The highest BCUT2D eigenvalue weighted by molar-refractivity contribution is 6.33. The van der Waals surface area contributed by atoms with Gasteiger partial charge in [-0.2, -0.15) is 0 Å². The summed E-state index contributed by atoms with van der Waals surface area (Å²) in [5.41, 5.74) is 6.49. The second kappa shape index (κ2) is 3.72. The molecular weight excluding hydrogens is 216 g/mol. The number of benzene rings is 1. The quantitative estimate of drug-likeness (QED) is 0.694. The molecule has 0 aliphatic carbocycles. The number of carbonyl (C=O) groups is 1. The zero-order chi connectivity index (χ0) is 11.0. The lowest BCUT2D eigenvalue weighted by molar-refractivity contribution is 0.00590. The van der Waals surface area contributed by atoms with E-state index in [9.17, 15) is 4.79 Å². The molecule has 0 bridgehead atoms. The number of halogens is 1. The van der Waals surface area contributed by atoms with Gasteiger partial charge in [0.05, 0.1) is 16.8 Å². The number of anilines is 1. The Morgan fingerprint density at radius 1 is 1.53 bits per heavy atom. The number of hydrogen-bond acceptors (Lipinski definition) is 3. The Kier molecular flexibility index (Phi) is 2.54. The van der Waals surface area contributed by atoms with Crippen LogP contribution in [-0.4, -0.2) is 35.1 Å². The largest absolute Gasteiger partial charge is 0.398 e. The number of amides is 1. The molecule has 0 saturated carbocycles. The van der Waals surface area contributed by atoms with Crippen molar-refractivity contribution in [3.63, 3.8) is 0 Å². The Hall–Kier alpha value is -1.26. The van der Waals surface area contributed by atoms with Crippen molar-refractivity contribution >= 4 is 23.2 Å². The second-order valence-electron chi connectivity index (χ2n) is 3.60. The molecule has 5 heteroatoms. The van der Waals surface area contributed by atoms with Crippen molar-refractivity contribution in [2.75, 3.05) is 18.8 Å². The van der Waals surface area contributed by atoms with Crippen molar-refractivity contribution in [1.82, 2.24) is 4.90 Å². The van der Waals surface area contributed by atoms with E-state index in [4.69, 9.17) is 22.4 Å². The monoisotopic (exact) mass is 226 g/mol. The third-order valence-corrected chi connectivity index (χ3v) is 2.74. The van der Waals surface area contributed by atoms with E-state index in [2.05, 4.69) is 0 Å². The van der Waals surface area contributed by atoms with Gasteiger partial charge >= 0.3 is 0 Å². The van der Waals surface area contributed by atoms with Crippen LogP contribution in [0.25, 0.3) is 0 Å². The minimum absolute atomic E-state index is 0.122. The number of nitrogens with two attached hydrogens (primary N) is 1. The van der Waals surface area contributed by atoms with Crippen LogP contribution < -0.4 is 5.73 Å². The summed E-state index contributed by atoms with van der Waals surface area (Å²) in [5, 5.41) is 9.51. The van der Waals surface area contributed by atoms with Gasteiger partial charge in [0, 0.05) is 18.7 Å². The zero-order valence-electron chi connectivity index (χ0n) is 7.98. The number of nitrogen functional groups attached to an aromatic ring is 1. The molecule has 15 heavy (non-hydrogen) atoms. The molecule has 1 aromatic rings. The maximum atomic E-state index is 11.8. The Labute approximate surface area is 92.2 Å². The summed E-state index contributed by atoms with van der Waals surface area (Å²) in [4.78, 5) is 13.3. The van der Waals surface area contributed by atoms with Gasteiger partial charge in [0.25, 0.3) is 5.91 Å². The van der Waals surface area contributed by atoms with Gasteiger partial charge in [-0.15, -0.1) is 0 Å². The number of rotatable bonds is 1. The van der Waals surface area contributed by atoms with Crippen LogP contribution in [0.3, 0.4) is 0 Å². The highest BCUT2D eigenvalue weighted by Gasteiger charge is 2.29. The van der Waals surface area contributed by atoms with Crippen molar-refractivity contribution < 1.29 is 9.90 Å². The van der Waals surface area contributed by atoms with E-state index in [1.54, 1.807) is 23.1 Å². The van der Waals surface area contributed by atoms with Crippen molar-refractivity contribution in [1.29, 1.82) is 0 Å². The summed E-state index contributed by atoms with van der Waals surface area (Å²) in [7, 11) is 0. The standard InChI is InChI=1S/C10H11ClN2O2/c11-8-2-1-6(3-9(8)12)10(15)13-4-7(14)5-13/h1-3,7,14H,4-5,12H2. The first-order chi connectivity index (χ1) is 7.08. The average Bonchev–Trinajstić information content (AvgIpc) is 2.16. The van der Waals surface area contributed by atoms with E-state index >= 15 is 0 Å². The molecule has 0 unspecified atom stereocenters. The third kappa shape index (κ3) is 1.91. The fourth-order valence-corrected chi connectivity index (χ4v) is 1.60. The number of hydrogen-bond donors (Lipinski definition) is 2. The Morgan fingerprint density at radius 3 is 2.73 bits per heavy atom. The fraction of sp³-hybridized carbons (Fsp3) is 0.300. The van der Waals surface area contributed by atoms with E-state index in [-0.39, 0.29) is 5.91 Å². The summed E-state index contributed by atoms with van der Waals surface area (Å²) in [5.74, 6) is -0.122. The van der Waals surface area contributed by atoms with Gasteiger partial charge in [-0.25, -0.2) is 0 Å². The van der Waals surface area contributed by atoms with Crippen molar-refractivity contribution in [2.45, 2.75) is 6.10 Å². The van der Waals surface area contributed by atoms with Crippen LogP contribution in [0.5, 0.6) is 0 Å². The number of likely N-dealkylation sites (tertiary alicyclic amines) is 1. The van der Waals surface area contributed by atoms with Crippen LogP contribution in [0.4, 0.5) is 5.69 Å². The maximum Gasteiger partial charge on any atom is 0.254 e. The molecule has 0 atom stereocenters. The molecule has 1 saturated heterocycles. The number of aliphatic hydroxyl groups is 1. The lowest BCUT2D eigenvalue weighted by Gasteiger charge is -2.35. The van der Waals surface area contributed by atoms with Gasteiger partial charge in [-0.3, -0.25) is 4.79 Å². The second-order valence-corrected chi connectivity index (χ2v) is 4.01. The smallest absolute Gasteiger partial charge is 0.254 e. The van der Waals surface area contributed by atoms with Crippen LogP contribution >= 0.6 is 11.6 Å². The van der Waals surface area contributed by atoms with Crippen molar-refractivity contribution in [3.05, 3.63) is 28.8 Å². The van der Waals surface area contributed by atoms with Gasteiger partial charge in [-0.1, -0.05) is 11.6 Å². The molecule has 4 nitrogen and oxygen atoms in total. The zero-order valence-corrected chi connectivity index (χ0v) is 8.74. The Morgan fingerprint density at radius 2 is 2.20 bits per heavy atom. The molecule has 0 radical (unpaired) electrons. The fourth-order valence-electron chi connectivity index (χ4n) is 1.48. The van der Waals surface area contributed by atoms with Gasteiger partial charge < -0.3 is 15.7 Å². The topological polar surface area (TPSA) is 66.6 Å². The number of β-amino-alcohol motifs (C(OH)–C–C–N with tert-alkyl or cyclic N) is 1. The molecule has 0 aromatic heterocycles. The highest BCUT2D eigenvalue weighted by atomic mass is 35.5. The summed E-state index contributed by atoms with van der Waals surface area (Å²) >= 11 is 5.75. The van der Waals surface area contributed by atoms with E-state index in [0.29, 0.717) is 29.4 Å². The van der Waals surface area contributed by atoms with E-state index in [1.807, 2.05) is 0 Å². The molecule has 0 spiro atoms. The van der Waals surface area contributed by atoms with Crippen molar-refractivity contribution in [2.24, 2.45) is 0 Å². The molecule has 80 valence electrons. The normalized spacial score (nSPS) is 16.3. The molecule has 1 amide bonds. The predicted molar refractivity (Wildman–Crippen MR) is 57.8 cm³/mol. The molecule has 1 aliphatic rings. The lowest BCUT2D eigenvalue weighted by atomic mass is 10.1. The molecule has 1 aromatic carbocycles. The van der Waals surface area contributed by atoms with E-state index < -0.39 is 6.10 Å². The lowest BCUT2D eigenvalue weighted by Crippen LogP contribution is -2.53. The first kappa shape index (κ1) is 10.3. The molecule has 1 aliphatic heterocycles. The van der Waals surface area contributed by atoms with Gasteiger partial charge in [0.15, 0.2) is 0 Å². The van der Waals surface area contributed by atoms with Gasteiger partial charge in [0.1, 0.15) is 0 Å². The Bertz CT molecular complexity index is 402. The van der Waals surface area contributed by atoms with Gasteiger partial charge in [0.2, 0.25) is 0 Å². The number of carbonyl (C=O) groups excluding carboxylic acids is 1. The number of nitrogens with zero attached hydrogens (tertiary/aromatic N) is 1. The first-order valence-corrected chi connectivity index (χ1v) is 4.98. The third-order valence-electron chi connectivity index (χ3n) is 2.39. The van der Waals surface area contributed by atoms with Crippen LogP contribution in [0.1, 0.15) is 10.4 Å². The minimum Gasteiger partial charge on any atom is -0.398 e. The summed E-state index contributed by atoms with van der Waals surface area (Å²) < 4.78 is 0. The molecule has 1 fully saturated rings. The van der Waals surface area contributed by atoms with E-state index in [1.165, 1.54) is 0 Å². The SMILES string of the molecule is Nc1cc(C(=O)N2CC(O)C2)ccc1Cl. The highest BCUT2D eigenvalue weighted by Crippen LogP contribution is 2.21. The van der Waals surface area contributed by atoms with E-state index in [0.717, 1.165) is 0 Å². The van der Waals surface area contributed by atoms with Crippen LogP contribution in [-0.2, 0) is 0 Å².